The Morgan fingerprint density at radius 2 is 1.93 bits per heavy atom. The summed E-state index contributed by atoms with van der Waals surface area (Å²) in [6, 6.07) is 0.728. The molecule has 2 aliphatic heterocycles. The van der Waals surface area contributed by atoms with Gasteiger partial charge in [-0.05, 0) is 25.8 Å². The zero-order valence-electron chi connectivity index (χ0n) is 10.00. The van der Waals surface area contributed by atoms with Crippen LogP contribution in [0.4, 0.5) is 0 Å². The largest absolute Gasteiger partial charge is 0.359 e. The Labute approximate surface area is 92.9 Å². The van der Waals surface area contributed by atoms with Crippen LogP contribution >= 0.6 is 0 Å². The third-order valence-electron chi connectivity index (χ3n) is 3.69. The van der Waals surface area contributed by atoms with Crippen LogP contribution in [0.1, 0.15) is 33.1 Å². The highest BCUT2D eigenvalue weighted by Gasteiger charge is 2.29. The lowest BCUT2D eigenvalue weighted by molar-refractivity contribution is 0.254. The molecule has 0 saturated carbocycles. The lowest BCUT2D eigenvalue weighted by atomic mass is 10.1. The van der Waals surface area contributed by atoms with Gasteiger partial charge in [0.2, 0.25) is 0 Å². The van der Waals surface area contributed by atoms with Crippen LogP contribution in [0, 0.1) is 11.3 Å². The maximum absolute atomic E-state index is 8.09. The summed E-state index contributed by atoms with van der Waals surface area (Å²) in [5, 5.41) is 8.09. The van der Waals surface area contributed by atoms with E-state index in [4.69, 9.17) is 5.41 Å². The monoisotopic (exact) mass is 209 g/mol. The average molecular weight is 209 g/mol. The van der Waals surface area contributed by atoms with E-state index in [1.807, 2.05) is 0 Å². The molecule has 1 atom stereocenters. The van der Waals surface area contributed by atoms with E-state index in [9.17, 15) is 0 Å². The molecule has 0 aliphatic carbocycles. The Morgan fingerprint density at radius 1 is 1.20 bits per heavy atom. The lowest BCUT2D eigenvalue weighted by Crippen LogP contribution is -2.41. The summed E-state index contributed by atoms with van der Waals surface area (Å²) in [7, 11) is 0. The maximum Gasteiger partial charge on any atom is 0.0984 e. The van der Waals surface area contributed by atoms with Crippen LogP contribution in [0.3, 0.4) is 0 Å². The van der Waals surface area contributed by atoms with Gasteiger partial charge in [-0.25, -0.2) is 0 Å². The third kappa shape index (κ3) is 2.33. The average Bonchev–Trinajstić information content (AvgIpc) is 2.54. The summed E-state index contributed by atoms with van der Waals surface area (Å²) < 4.78 is 0. The first-order valence-corrected chi connectivity index (χ1v) is 6.26. The second kappa shape index (κ2) is 4.52. The first-order chi connectivity index (χ1) is 7.18. The highest BCUT2D eigenvalue weighted by atomic mass is 15.3. The summed E-state index contributed by atoms with van der Waals surface area (Å²) in [5.41, 5.74) is 0. The molecule has 0 bridgehead atoms. The molecule has 1 N–H and O–H groups in total. The smallest absolute Gasteiger partial charge is 0.0984 e. The molecule has 3 heteroatoms. The molecule has 0 spiro atoms. The number of hydrogen-bond donors (Lipinski definition) is 1. The molecular formula is C12H23N3. The molecule has 2 fully saturated rings. The first kappa shape index (κ1) is 10.9. The SMILES string of the molecule is CC(C)C(=N)N1CCCN2CCCC2C1. The summed E-state index contributed by atoms with van der Waals surface area (Å²) in [5.74, 6) is 1.21. The van der Waals surface area contributed by atoms with Gasteiger partial charge in [-0.3, -0.25) is 10.3 Å². The van der Waals surface area contributed by atoms with Crippen molar-refractivity contribution in [3.63, 3.8) is 0 Å². The minimum Gasteiger partial charge on any atom is -0.359 e. The van der Waals surface area contributed by atoms with E-state index in [1.165, 1.54) is 32.4 Å². The van der Waals surface area contributed by atoms with Gasteiger partial charge in [0.05, 0.1) is 5.84 Å². The van der Waals surface area contributed by atoms with Crippen LogP contribution in [0.2, 0.25) is 0 Å². The predicted molar refractivity (Wildman–Crippen MR) is 63.3 cm³/mol. The molecule has 0 aromatic rings. The van der Waals surface area contributed by atoms with Gasteiger partial charge in [0.1, 0.15) is 0 Å². The first-order valence-electron chi connectivity index (χ1n) is 6.26. The number of nitrogens with zero attached hydrogens (tertiary/aromatic N) is 2. The van der Waals surface area contributed by atoms with Gasteiger partial charge in [-0.1, -0.05) is 13.8 Å². The standard InChI is InChI=1S/C12H23N3/c1-10(2)12(13)15-8-4-7-14-6-3-5-11(14)9-15/h10-11,13H,3-9H2,1-2H3. The van der Waals surface area contributed by atoms with Gasteiger partial charge >= 0.3 is 0 Å². The quantitative estimate of drug-likeness (QED) is 0.527. The minimum absolute atomic E-state index is 0.373. The van der Waals surface area contributed by atoms with Crippen molar-refractivity contribution < 1.29 is 0 Å². The summed E-state index contributed by atoms with van der Waals surface area (Å²) in [4.78, 5) is 4.92. The summed E-state index contributed by atoms with van der Waals surface area (Å²) in [6.07, 6.45) is 3.92. The summed E-state index contributed by atoms with van der Waals surface area (Å²) >= 11 is 0. The topological polar surface area (TPSA) is 30.3 Å². The molecule has 1 unspecified atom stereocenters. The van der Waals surface area contributed by atoms with Crippen molar-refractivity contribution in [1.82, 2.24) is 9.80 Å². The van der Waals surface area contributed by atoms with E-state index in [-0.39, 0.29) is 0 Å². The van der Waals surface area contributed by atoms with Crippen LogP contribution in [0.5, 0.6) is 0 Å². The molecule has 15 heavy (non-hydrogen) atoms. The number of nitrogens with one attached hydrogen (secondary N) is 1. The molecular weight excluding hydrogens is 186 g/mol. The molecule has 2 saturated heterocycles. The van der Waals surface area contributed by atoms with Gasteiger partial charge < -0.3 is 4.90 Å². The van der Waals surface area contributed by atoms with Crippen LogP contribution in [-0.4, -0.2) is 47.9 Å². The normalized spacial score (nSPS) is 27.9. The fourth-order valence-electron chi connectivity index (χ4n) is 2.79. The molecule has 0 aromatic carbocycles. The number of fused-ring (bicyclic) bond motifs is 1. The zero-order chi connectivity index (χ0) is 10.8. The maximum atomic E-state index is 8.09. The minimum atomic E-state index is 0.373. The van der Waals surface area contributed by atoms with Crippen molar-refractivity contribution >= 4 is 5.84 Å². The van der Waals surface area contributed by atoms with Crippen molar-refractivity contribution in [3.05, 3.63) is 0 Å². The van der Waals surface area contributed by atoms with E-state index in [0.29, 0.717) is 5.92 Å². The van der Waals surface area contributed by atoms with Gasteiger partial charge in [0.25, 0.3) is 0 Å². The van der Waals surface area contributed by atoms with E-state index in [0.717, 1.165) is 25.0 Å². The molecule has 2 heterocycles. The number of rotatable bonds is 1. The van der Waals surface area contributed by atoms with E-state index in [2.05, 4.69) is 23.6 Å². The highest BCUT2D eigenvalue weighted by molar-refractivity contribution is 5.81. The number of hydrogen-bond acceptors (Lipinski definition) is 2. The zero-order valence-corrected chi connectivity index (χ0v) is 10.00. The van der Waals surface area contributed by atoms with E-state index >= 15 is 0 Å². The second-order valence-electron chi connectivity index (χ2n) is 5.17. The van der Waals surface area contributed by atoms with E-state index in [1.54, 1.807) is 0 Å². The van der Waals surface area contributed by atoms with Gasteiger partial charge in [-0.2, -0.15) is 0 Å². The molecule has 0 amide bonds. The molecule has 2 rings (SSSR count). The third-order valence-corrected chi connectivity index (χ3v) is 3.69. The molecule has 3 nitrogen and oxygen atoms in total. The fraction of sp³-hybridized carbons (Fsp3) is 0.917. The van der Waals surface area contributed by atoms with Crippen LogP contribution in [0.25, 0.3) is 0 Å². The molecule has 86 valence electrons. The Morgan fingerprint density at radius 3 is 2.67 bits per heavy atom. The predicted octanol–water partition coefficient (Wildman–Crippen LogP) is 1.79. The van der Waals surface area contributed by atoms with Crippen molar-refractivity contribution in [2.45, 2.75) is 39.2 Å². The number of amidine groups is 1. The van der Waals surface area contributed by atoms with Crippen LogP contribution < -0.4 is 0 Å². The van der Waals surface area contributed by atoms with Gasteiger partial charge in [-0.15, -0.1) is 0 Å². The van der Waals surface area contributed by atoms with Crippen molar-refractivity contribution in [1.29, 1.82) is 5.41 Å². The molecule has 0 radical (unpaired) electrons. The second-order valence-corrected chi connectivity index (χ2v) is 5.17. The Kier molecular flexibility index (Phi) is 3.29. The van der Waals surface area contributed by atoms with Gasteiger partial charge in [0.15, 0.2) is 0 Å². The Balaban J connectivity index is 1.99. The van der Waals surface area contributed by atoms with Gasteiger partial charge in [0, 0.05) is 31.6 Å². The lowest BCUT2D eigenvalue weighted by Gasteiger charge is -2.29. The van der Waals surface area contributed by atoms with Crippen molar-refractivity contribution in [3.8, 4) is 0 Å². The van der Waals surface area contributed by atoms with Crippen LogP contribution in [0.15, 0.2) is 0 Å². The summed E-state index contributed by atoms with van der Waals surface area (Å²) in [6.45, 7) is 8.96. The van der Waals surface area contributed by atoms with Crippen molar-refractivity contribution in [2.75, 3.05) is 26.2 Å². The van der Waals surface area contributed by atoms with Crippen molar-refractivity contribution in [2.24, 2.45) is 5.92 Å². The van der Waals surface area contributed by atoms with E-state index < -0.39 is 0 Å². The molecule has 2 aliphatic rings. The fourth-order valence-corrected chi connectivity index (χ4v) is 2.79. The highest BCUT2D eigenvalue weighted by Crippen LogP contribution is 2.22. The molecule has 0 aromatic heterocycles. The Hall–Kier alpha value is -0.570. The Bertz CT molecular complexity index is 237. The van der Waals surface area contributed by atoms with Crippen LogP contribution in [-0.2, 0) is 0 Å².